The zero-order valence-electron chi connectivity index (χ0n) is 14.9. The highest BCUT2D eigenvalue weighted by atomic mass is 19.1. The molecule has 1 fully saturated rings. The summed E-state index contributed by atoms with van der Waals surface area (Å²) in [4.78, 5) is 14.6. The molecule has 2 aromatic carbocycles. The maximum atomic E-state index is 14.2. The minimum atomic E-state index is -0.295. The largest absolute Gasteiger partial charge is 0.497 e. The summed E-state index contributed by atoms with van der Waals surface area (Å²) in [7, 11) is 1.59. The van der Waals surface area contributed by atoms with E-state index in [-0.39, 0.29) is 23.5 Å². The van der Waals surface area contributed by atoms with Gasteiger partial charge in [-0.25, -0.2) is 4.39 Å². The summed E-state index contributed by atoms with van der Waals surface area (Å²) in [5, 5.41) is 4.02. The molecule has 0 radical (unpaired) electrons. The Morgan fingerprint density at radius 3 is 2.89 bits per heavy atom. The first-order valence-electron chi connectivity index (χ1n) is 8.84. The highest BCUT2D eigenvalue weighted by Crippen LogP contribution is 2.35. The fourth-order valence-corrected chi connectivity index (χ4v) is 3.51. The zero-order valence-corrected chi connectivity index (χ0v) is 14.9. The molecule has 2 heterocycles. The van der Waals surface area contributed by atoms with Crippen LogP contribution in [0.4, 0.5) is 4.39 Å². The Kier molecular flexibility index (Phi) is 4.62. The van der Waals surface area contributed by atoms with Gasteiger partial charge in [-0.3, -0.25) is 4.79 Å². The number of rotatable bonds is 4. The molecule has 1 atom stereocenters. The van der Waals surface area contributed by atoms with Crippen LogP contribution in [-0.4, -0.2) is 29.6 Å². The lowest BCUT2D eigenvalue weighted by atomic mass is 10.0. The number of carbonyl (C=O) groups excluding carboxylic acids is 1. The monoisotopic (exact) mass is 366 g/mol. The van der Waals surface area contributed by atoms with Gasteiger partial charge in [-0.2, -0.15) is 0 Å². The van der Waals surface area contributed by atoms with Crippen molar-refractivity contribution < 1.29 is 18.4 Å². The van der Waals surface area contributed by atoms with Gasteiger partial charge in [0.05, 0.1) is 13.2 Å². The number of benzene rings is 2. The molecule has 1 aliphatic rings. The van der Waals surface area contributed by atoms with Crippen molar-refractivity contribution in [2.75, 3.05) is 13.7 Å². The molecule has 5 nitrogen and oxygen atoms in total. The number of ether oxygens (including phenoxy) is 1. The van der Waals surface area contributed by atoms with Crippen LogP contribution in [0.5, 0.6) is 5.75 Å². The molecule has 6 heteroatoms. The maximum absolute atomic E-state index is 14.2. The van der Waals surface area contributed by atoms with Crippen LogP contribution in [0.1, 0.15) is 35.0 Å². The van der Waals surface area contributed by atoms with E-state index in [2.05, 4.69) is 5.16 Å². The summed E-state index contributed by atoms with van der Waals surface area (Å²) >= 11 is 0. The van der Waals surface area contributed by atoms with Gasteiger partial charge >= 0.3 is 0 Å². The maximum Gasteiger partial charge on any atom is 0.292 e. The first-order chi connectivity index (χ1) is 13.2. The highest BCUT2D eigenvalue weighted by molar-refractivity contribution is 5.93. The molecular formula is C21H19FN2O3. The van der Waals surface area contributed by atoms with Crippen molar-refractivity contribution in [3.05, 3.63) is 71.7 Å². The van der Waals surface area contributed by atoms with Gasteiger partial charge in [0.1, 0.15) is 17.3 Å². The number of methoxy groups -OCH3 is 1. The number of carbonyl (C=O) groups is 1. The van der Waals surface area contributed by atoms with Gasteiger partial charge in [0.2, 0.25) is 5.76 Å². The molecule has 3 aromatic rings. The minimum absolute atomic E-state index is 0.149. The molecule has 1 saturated heterocycles. The van der Waals surface area contributed by atoms with Gasteiger partial charge in [0.25, 0.3) is 5.91 Å². The molecule has 138 valence electrons. The molecule has 0 N–H and O–H groups in total. The van der Waals surface area contributed by atoms with Crippen molar-refractivity contribution in [3.63, 3.8) is 0 Å². The molecule has 27 heavy (non-hydrogen) atoms. The van der Waals surface area contributed by atoms with E-state index in [1.54, 1.807) is 36.3 Å². The predicted octanol–water partition coefficient (Wildman–Crippen LogP) is 4.47. The van der Waals surface area contributed by atoms with Crippen LogP contribution in [0.15, 0.2) is 59.1 Å². The Morgan fingerprint density at radius 2 is 2.07 bits per heavy atom. The molecule has 0 bridgehead atoms. The SMILES string of the molecule is COc1cccc(-c2cc(C(=O)N3CCC[C@@H]3c3ccccc3F)on2)c1. The van der Waals surface area contributed by atoms with Gasteiger partial charge < -0.3 is 14.2 Å². The number of hydrogen-bond donors (Lipinski definition) is 0. The van der Waals surface area contributed by atoms with Crippen molar-refractivity contribution in [3.8, 4) is 17.0 Å². The van der Waals surface area contributed by atoms with Crippen molar-refractivity contribution in [2.45, 2.75) is 18.9 Å². The van der Waals surface area contributed by atoms with Gasteiger partial charge in [0.15, 0.2) is 0 Å². The lowest BCUT2D eigenvalue weighted by Gasteiger charge is -2.24. The fourth-order valence-electron chi connectivity index (χ4n) is 3.51. The Bertz CT molecular complexity index is 969. The van der Waals surface area contributed by atoms with Crippen molar-refractivity contribution in [2.24, 2.45) is 0 Å². The molecule has 1 amide bonds. The molecule has 0 unspecified atom stereocenters. The van der Waals surface area contributed by atoms with E-state index >= 15 is 0 Å². The van der Waals surface area contributed by atoms with Gasteiger partial charge in [-0.1, -0.05) is 35.5 Å². The standard InChI is InChI=1S/C21H19FN2O3/c1-26-15-7-4-6-14(12-15)18-13-20(27-23-18)21(25)24-11-5-10-19(24)16-8-2-3-9-17(16)22/h2-4,6-9,12-13,19H,5,10-11H2,1H3/t19-/m1/s1. The summed E-state index contributed by atoms with van der Waals surface area (Å²) in [5.41, 5.74) is 1.89. The van der Waals surface area contributed by atoms with Gasteiger partial charge in [0, 0.05) is 23.7 Å². The van der Waals surface area contributed by atoms with E-state index in [1.165, 1.54) is 6.07 Å². The average Bonchev–Trinajstić information content (AvgIpc) is 3.38. The van der Waals surface area contributed by atoms with Crippen molar-refractivity contribution >= 4 is 5.91 Å². The van der Waals surface area contributed by atoms with E-state index in [0.717, 1.165) is 18.4 Å². The molecule has 4 rings (SSSR count). The molecular weight excluding hydrogens is 347 g/mol. The van der Waals surface area contributed by atoms with Crippen LogP contribution in [0.3, 0.4) is 0 Å². The van der Waals surface area contributed by atoms with Crippen LogP contribution >= 0.6 is 0 Å². The minimum Gasteiger partial charge on any atom is -0.497 e. The number of likely N-dealkylation sites (tertiary alicyclic amines) is 1. The van der Waals surface area contributed by atoms with Crippen LogP contribution in [-0.2, 0) is 0 Å². The quantitative estimate of drug-likeness (QED) is 0.684. The van der Waals surface area contributed by atoms with Crippen molar-refractivity contribution in [1.82, 2.24) is 10.1 Å². The second-order valence-electron chi connectivity index (χ2n) is 6.49. The first kappa shape index (κ1) is 17.3. The van der Waals surface area contributed by atoms with E-state index in [1.807, 2.05) is 24.3 Å². The first-order valence-corrected chi connectivity index (χ1v) is 8.84. The molecule has 0 aliphatic carbocycles. The summed E-state index contributed by atoms with van der Waals surface area (Å²) in [6.07, 6.45) is 1.55. The molecule has 1 aliphatic heterocycles. The summed E-state index contributed by atoms with van der Waals surface area (Å²) in [6.45, 7) is 0.563. The summed E-state index contributed by atoms with van der Waals surface area (Å²) in [5.74, 6) is 0.276. The molecule has 1 aromatic heterocycles. The Hall–Kier alpha value is -3.15. The van der Waals surface area contributed by atoms with E-state index in [0.29, 0.717) is 23.6 Å². The second-order valence-corrected chi connectivity index (χ2v) is 6.49. The number of nitrogens with zero attached hydrogens (tertiary/aromatic N) is 2. The van der Waals surface area contributed by atoms with E-state index in [4.69, 9.17) is 9.26 Å². The average molecular weight is 366 g/mol. The van der Waals surface area contributed by atoms with E-state index < -0.39 is 0 Å². The normalized spacial score (nSPS) is 16.5. The lowest BCUT2D eigenvalue weighted by Crippen LogP contribution is -2.30. The van der Waals surface area contributed by atoms with Gasteiger partial charge in [-0.05, 0) is 31.0 Å². The van der Waals surface area contributed by atoms with Gasteiger partial charge in [-0.15, -0.1) is 0 Å². The molecule has 0 spiro atoms. The third-order valence-corrected chi connectivity index (χ3v) is 4.86. The summed E-state index contributed by atoms with van der Waals surface area (Å²) in [6, 6.07) is 15.3. The summed E-state index contributed by atoms with van der Waals surface area (Å²) < 4.78 is 24.7. The lowest BCUT2D eigenvalue weighted by molar-refractivity contribution is 0.0691. The van der Waals surface area contributed by atoms with Crippen molar-refractivity contribution in [1.29, 1.82) is 0 Å². The highest BCUT2D eigenvalue weighted by Gasteiger charge is 2.33. The number of aromatic nitrogens is 1. The fraction of sp³-hybridized carbons (Fsp3) is 0.238. The zero-order chi connectivity index (χ0) is 18.8. The smallest absolute Gasteiger partial charge is 0.292 e. The van der Waals surface area contributed by atoms with E-state index in [9.17, 15) is 9.18 Å². The van der Waals surface area contributed by atoms with Crippen LogP contribution in [0.2, 0.25) is 0 Å². The number of amides is 1. The van der Waals surface area contributed by atoms with Crippen LogP contribution in [0, 0.1) is 5.82 Å². The van der Waals surface area contributed by atoms with Crippen LogP contribution < -0.4 is 4.74 Å². The Morgan fingerprint density at radius 1 is 1.22 bits per heavy atom. The Balaban J connectivity index is 1.59. The number of halogens is 1. The number of hydrogen-bond acceptors (Lipinski definition) is 4. The Labute approximate surface area is 156 Å². The predicted molar refractivity (Wildman–Crippen MR) is 97.9 cm³/mol. The molecule has 0 saturated carbocycles. The third-order valence-electron chi connectivity index (χ3n) is 4.86. The third kappa shape index (κ3) is 3.30. The second kappa shape index (κ2) is 7.23. The van der Waals surface area contributed by atoms with Crippen LogP contribution in [0.25, 0.3) is 11.3 Å². The topological polar surface area (TPSA) is 55.6 Å².